The van der Waals surface area contributed by atoms with Gasteiger partial charge >= 0.3 is 0 Å². The highest BCUT2D eigenvalue weighted by molar-refractivity contribution is 7.21. The summed E-state index contributed by atoms with van der Waals surface area (Å²) < 4.78 is 7.20. The number of carbonyl (C=O) groups excluding carboxylic acids is 1. The van der Waals surface area contributed by atoms with Crippen LogP contribution in [0, 0.1) is 0 Å². The van der Waals surface area contributed by atoms with E-state index in [1.807, 2.05) is 36.7 Å². The topological polar surface area (TPSA) is 81.9 Å². The molecule has 138 valence electrons. The molecule has 0 saturated heterocycles. The monoisotopic (exact) mass is 381 g/mol. The molecule has 4 rings (SSSR count). The fraction of sp³-hybridized carbons (Fsp3) is 0.263. The van der Waals surface area contributed by atoms with Gasteiger partial charge in [-0.3, -0.25) is 9.36 Å². The van der Waals surface area contributed by atoms with Gasteiger partial charge in [-0.05, 0) is 18.6 Å². The fourth-order valence-corrected chi connectivity index (χ4v) is 4.09. The van der Waals surface area contributed by atoms with Crippen molar-refractivity contribution in [2.45, 2.75) is 19.9 Å². The molecule has 8 heteroatoms. The maximum absolute atomic E-state index is 11.3. The van der Waals surface area contributed by atoms with Crippen LogP contribution in [-0.2, 0) is 11.8 Å². The van der Waals surface area contributed by atoms with Gasteiger partial charge in [0.25, 0.3) is 6.01 Å². The van der Waals surface area contributed by atoms with E-state index < -0.39 is 0 Å². The van der Waals surface area contributed by atoms with Crippen molar-refractivity contribution in [3.63, 3.8) is 0 Å². The number of hydrogen-bond donors (Lipinski definition) is 1. The molecular weight excluding hydrogens is 362 g/mol. The number of pyridine rings is 1. The Morgan fingerprint density at radius 1 is 1.33 bits per heavy atom. The zero-order chi connectivity index (χ0) is 19.1. The Morgan fingerprint density at radius 2 is 2.15 bits per heavy atom. The van der Waals surface area contributed by atoms with Crippen LogP contribution in [0.5, 0.6) is 6.01 Å². The minimum absolute atomic E-state index is 0.0513. The molecule has 0 spiro atoms. The van der Waals surface area contributed by atoms with Crippen molar-refractivity contribution in [1.29, 1.82) is 0 Å². The number of methoxy groups -OCH3 is 1. The number of imidazole rings is 1. The Balaban J connectivity index is 1.82. The number of aromatic nitrogens is 4. The van der Waals surface area contributed by atoms with Crippen LogP contribution in [0.1, 0.15) is 25.5 Å². The van der Waals surface area contributed by atoms with Crippen LogP contribution in [0.25, 0.3) is 32.0 Å². The average Bonchev–Trinajstić information content (AvgIpc) is 3.22. The molecular formula is C19H19N5O2S. The van der Waals surface area contributed by atoms with E-state index in [2.05, 4.69) is 21.4 Å². The summed E-state index contributed by atoms with van der Waals surface area (Å²) in [6.07, 6.45) is 1.75. The zero-order valence-corrected chi connectivity index (χ0v) is 16.3. The number of nitrogens with one attached hydrogen (secondary N) is 1. The maximum Gasteiger partial charge on any atom is 0.296 e. The van der Waals surface area contributed by atoms with Crippen LogP contribution in [0.2, 0.25) is 0 Å². The summed E-state index contributed by atoms with van der Waals surface area (Å²) >= 11 is 1.53. The molecule has 0 radical (unpaired) electrons. The molecule has 4 aromatic rings. The molecule has 0 aliphatic heterocycles. The molecule has 1 atom stereocenters. The van der Waals surface area contributed by atoms with E-state index in [1.165, 1.54) is 18.3 Å². The molecule has 0 aliphatic carbocycles. The molecule has 0 saturated carbocycles. The molecule has 0 aliphatic rings. The van der Waals surface area contributed by atoms with E-state index in [4.69, 9.17) is 9.72 Å². The fourth-order valence-electron chi connectivity index (χ4n) is 3.18. The van der Waals surface area contributed by atoms with E-state index in [1.54, 1.807) is 13.3 Å². The number of thiazole rings is 1. The van der Waals surface area contributed by atoms with Crippen molar-refractivity contribution in [3.05, 3.63) is 36.0 Å². The van der Waals surface area contributed by atoms with Gasteiger partial charge in [0, 0.05) is 19.5 Å². The van der Waals surface area contributed by atoms with Gasteiger partial charge in [-0.2, -0.15) is 4.98 Å². The lowest BCUT2D eigenvalue weighted by molar-refractivity contribution is -0.119. The maximum atomic E-state index is 11.3. The minimum Gasteiger partial charge on any atom is -0.468 e. The number of rotatable bonds is 4. The van der Waals surface area contributed by atoms with Crippen LogP contribution in [0.3, 0.4) is 0 Å². The molecule has 0 fully saturated rings. The highest BCUT2D eigenvalue weighted by atomic mass is 32.1. The highest BCUT2D eigenvalue weighted by Gasteiger charge is 2.17. The minimum atomic E-state index is -0.0667. The molecule has 1 N–H and O–H groups in total. The van der Waals surface area contributed by atoms with Gasteiger partial charge in [-0.15, -0.1) is 0 Å². The second-order valence-corrected chi connectivity index (χ2v) is 7.35. The first-order valence-electron chi connectivity index (χ1n) is 8.51. The van der Waals surface area contributed by atoms with Gasteiger partial charge < -0.3 is 10.1 Å². The zero-order valence-electron chi connectivity index (χ0n) is 15.5. The van der Waals surface area contributed by atoms with Crippen molar-refractivity contribution >= 4 is 38.6 Å². The lowest BCUT2D eigenvalue weighted by atomic mass is 10.1. The van der Waals surface area contributed by atoms with E-state index in [0.29, 0.717) is 6.01 Å². The lowest BCUT2D eigenvalue weighted by Gasteiger charge is -2.13. The van der Waals surface area contributed by atoms with Crippen LogP contribution in [0.15, 0.2) is 30.5 Å². The van der Waals surface area contributed by atoms with Crippen LogP contribution < -0.4 is 10.1 Å². The lowest BCUT2D eigenvalue weighted by Crippen LogP contribution is -2.23. The Labute approximate surface area is 160 Å². The van der Waals surface area contributed by atoms with Gasteiger partial charge in [0.1, 0.15) is 26.4 Å². The molecule has 1 amide bonds. The van der Waals surface area contributed by atoms with Gasteiger partial charge in [0.2, 0.25) is 5.91 Å². The summed E-state index contributed by atoms with van der Waals surface area (Å²) in [7, 11) is 3.50. The number of benzene rings is 1. The first kappa shape index (κ1) is 17.4. The number of amides is 1. The largest absolute Gasteiger partial charge is 0.468 e. The first-order valence-corrected chi connectivity index (χ1v) is 9.33. The summed E-state index contributed by atoms with van der Waals surface area (Å²) in [4.78, 5) is 26.0. The van der Waals surface area contributed by atoms with Crippen molar-refractivity contribution in [2.75, 3.05) is 7.11 Å². The van der Waals surface area contributed by atoms with E-state index in [0.717, 1.165) is 37.5 Å². The van der Waals surface area contributed by atoms with Crippen molar-refractivity contribution < 1.29 is 9.53 Å². The average molecular weight is 381 g/mol. The Kier molecular flexibility index (Phi) is 4.27. The summed E-state index contributed by atoms with van der Waals surface area (Å²) in [5.74, 6) is -0.0513. The molecule has 0 unspecified atom stereocenters. The van der Waals surface area contributed by atoms with Crippen molar-refractivity contribution in [2.24, 2.45) is 7.05 Å². The number of nitrogens with zero attached hydrogens (tertiary/aromatic N) is 4. The second kappa shape index (κ2) is 6.62. The third-order valence-electron chi connectivity index (χ3n) is 4.45. The summed E-state index contributed by atoms with van der Waals surface area (Å²) in [6.45, 7) is 3.48. The smallest absolute Gasteiger partial charge is 0.296 e. The van der Waals surface area contributed by atoms with Crippen LogP contribution in [-0.4, -0.2) is 32.5 Å². The van der Waals surface area contributed by atoms with E-state index in [9.17, 15) is 4.79 Å². The van der Waals surface area contributed by atoms with Gasteiger partial charge in [0.15, 0.2) is 0 Å². The summed E-state index contributed by atoms with van der Waals surface area (Å²) in [5, 5.41) is 3.79. The summed E-state index contributed by atoms with van der Waals surface area (Å²) in [5.41, 5.74) is 4.50. The molecule has 27 heavy (non-hydrogen) atoms. The van der Waals surface area contributed by atoms with E-state index in [-0.39, 0.29) is 11.9 Å². The molecule has 3 heterocycles. The third kappa shape index (κ3) is 3.02. The molecule has 0 bridgehead atoms. The number of carbonyl (C=O) groups is 1. The highest BCUT2D eigenvalue weighted by Crippen LogP contribution is 2.34. The van der Waals surface area contributed by atoms with Gasteiger partial charge in [-0.25, -0.2) is 9.97 Å². The standard InChI is InChI=1S/C19H19N5O2S/c1-10(21-11(2)25)12-6-5-7-13(8-12)17-23-15-16-14(9-20-18(15)27-17)22-19(26-4)24(16)3/h5-10H,1-4H3,(H,21,25)/t10-/m1/s1. The molecule has 1 aromatic carbocycles. The number of aryl methyl sites for hydroxylation is 1. The predicted molar refractivity (Wildman–Crippen MR) is 106 cm³/mol. The summed E-state index contributed by atoms with van der Waals surface area (Å²) in [6, 6.07) is 8.51. The van der Waals surface area contributed by atoms with E-state index >= 15 is 0 Å². The first-order chi connectivity index (χ1) is 13.0. The SMILES string of the molecule is COc1nc2cnc3sc(-c4cccc([C@@H](C)NC(C)=O)c4)nc3c2n1C. The van der Waals surface area contributed by atoms with Crippen molar-refractivity contribution in [1.82, 2.24) is 24.8 Å². The number of fused-ring (bicyclic) bond motifs is 3. The third-order valence-corrected chi connectivity index (χ3v) is 5.47. The van der Waals surface area contributed by atoms with Gasteiger partial charge in [-0.1, -0.05) is 29.5 Å². The molecule has 3 aromatic heterocycles. The molecule has 7 nitrogen and oxygen atoms in total. The predicted octanol–water partition coefficient (Wildman–Crippen LogP) is 3.45. The Hall–Kier alpha value is -3.00. The van der Waals surface area contributed by atoms with Crippen molar-refractivity contribution in [3.8, 4) is 16.6 Å². The normalized spacial score (nSPS) is 12.4. The quantitative estimate of drug-likeness (QED) is 0.585. The Bertz CT molecular complexity index is 1160. The van der Waals surface area contributed by atoms with Crippen LogP contribution >= 0.6 is 11.3 Å². The Morgan fingerprint density at radius 3 is 2.89 bits per heavy atom. The number of ether oxygens (including phenoxy) is 1. The van der Waals surface area contributed by atoms with Crippen LogP contribution in [0.4, 0.5) is 0 Å². The van der Waals surface area contributed by atoms with Gasteiger partial charge in [0.05, 0.1) is 19.3 Å². The second-order valence-electron chi connectivity index (χ2n) is 6.37. The number of hydrogen-bond acceptors (Lipinski definition) is 6.